The van der Waals surface area contributed by atoms with Gasteiger partial charge in [0.15, 0.2) is 0 Å². The molecule has 0 radical (unpaired) electrons. The monoisotopic (exact) mass is 155 g/mol. The Morgan fingerprint density at radius 1 is 1.67 bits per heavy atom. The van der Waals surface area contributed by atoms with Crippen LogP contribution < -0.4 is 0 Å². The first-order valence-corrected chi connectivity index (χ1v) is 3.48. The Hall–Kier alpha value is -0.460. The number of nitrogens with zero attached hydrogens (tertiary/aromatic N) is 1. The summed E-state index contributed by atoms with van der Waals surface area (Å²) in [6.45, 7) is -0.471. The molecule has 0 aliphatic heterocycles. The lowest BCUT2D eigenvalue weighted by molar-refractivity contribution is 0.262. The van der Waals surface area contributed by atoms with Crippen LogP contribution in [0.5, 0.6) is 0 Å². The van der Waals surface area contributed by atoms with Gasteiger partial charge in [-0.25, -0.2) is 4.57 Å². The molecule has 0 heterocycles. The molecule has 0 fully saturated rings. The van der Waals surface area contributed by atoms with E-state index in [2.05, 4.69) is 4.52 Å². The highest BCUT2D eigenvalue weighted by molar-refractivity contribution is 7.47. The highest BCUT2D eigenvalue weighted by atomic mass is 31.2. The van der Waals surface area contributed by atoms with E-state index < -0.39 is 14.6 Å². The van der Waals surface area contributed by atoms with Crippen LogP contribution in [0.1, 0.15) is 6.42 Å². The highest BCUT2D eigenvalue weighted by Crippen LogP contribution is 2.50. The molecule has 0 aromatic rings. The summed E-state index contributed by atoms with van der Waals surface area (Å²) in [6.07, 6.45) is -0.169. The summed E-state index contributed by atoms with van der Waals surface area (Å²) in [5.74, 6) is 0. The van der Waals surface area contributed by atoms with Crippen molar-refractivity contribution in [2.24, 2.45) is 0 Å². The second-order valence-corrected chi connectivity index (χ2v) is 2.24. The van der Waals surface area contributed by atoms with Gasteiger partial charge in [0.1, 0.15) is 0 Å². The van der Waals surface area contributed by atoms with E-state index >= 15 is 0 Å². The Kier molecular flexibility index (Phi) is 3.36. The molecule has 0 aromatic carbocycles. The molecule has 0 bridgehead atoms. The molecule has 0 amide bonds. The molecule has 9 heavy (non-hydrogen) atoms. The van der Waals surface area contributed by atoms with Crippen LogP contribution in [0.3, 0.4) is 0 Å². The minimum absolute atomic E-state index is 0.169. The maximum atomic E-state index is 11.3. The lowest BCUT2D eigenvalue weighted by Crippen LogP contribution is -1.83. The second kappa shape index (κ2) is 3.54. The zero-order valence-electron chi connectivity index (χ0n) is 4.38. The number of hydrogen-bond donors (Lipinski definition) is 0. The molecule has 0 unspecified atom stereocenters. The van der Waals surface area contributed by atoms with Gasteiger partial charge in [0.25, 0.3) is 0 Å². The second-order valence-electron chi connectivity index (χ2n) is 1.16. The normalized spacial score (nSPS) is 10.8. The minimum Gasteiger partial charge on any atom is -0.279 e. The standard InChI is InChI=1S/C3H4F2NO2P/c4-9(5,7)8-3-1-2-6/h1,3H2. The summed E-state index contributed by atoms with van der Waals surface area (Å²) in [4.78, 5) is 0. The van der Waals surface area contributed by atoms with Gasteiger partial charge in [-0.15, -0.1) is 8.39 Å². The third-order valence-corrected chi connectivity index (χ3v) is 0.939. The molecule has 0 aliphatic carbocycles. The fourth-order valence-corrected chi connectivity index (χ4v) is 0.501. The van der Waals surface area contributed by atoms with Gasteiger partial charge < -0.3 is 0 Å². The smallest absolute Gasteiger partial charge is 0.279 e. The first-order valence-electron chi connectivity index (χ1n) is 2.07. The summed E-state index contributed by atoms with van der Waals surface area (Å²) >= 11 is 0. The van der Waals surface area contributed by atoms with Gasteiger partial charge in [-0.1, -0.05) is 0 Å². The fraction of sp³-hybridized carbons (Fsp3) is 0.667. The van der Waals surface area contributed by atoms with Crippen molar-refractivity contribution in [3.05, 3.63) is 0 Å². The predicted octanol–water partition coefficient (Wildman–Crippen LogP) is 1.96. The van der Waals surface area contributed by atoms with Crippen molar-refractivity contribution in [3.63, 3.8) is 0 Å². The van der Waals surface area contributed by atoms with Gasteiger partial charge in [0, 0.05) is 0 Å². The molecule has 0 saturated heterocycles. The molecular formula is C3H4F2NO2P. The first-order chi connectivity index (χ1) is 4.06. The van der Waals surface area contributed by atoms with Gasteiger partial charge in [-0.2, -0.15) is 5.26 Å². The molecule has 0 aromatic heterocycles. The van der Waals surface area contributed by atoms with Crippen LogP contribution in [0.2, 0.25) is 0 Å². The van der Waals surface area contributed by atoms with E-state index in [4.69, 9.17) is 5.26 Å². The van der Waals surface area contributed by atoms with Crippen LogP contribution in [0, 0.1) is 11.3 Å². The highest BCUT2D eigenvalue weighted by Gasteiger charge is 2.19. The van der Waals surface area contributed by atoms with E-state index in [0.717, 1.165) is 0 Å². The summed E-state index contributed by atoms with van der Waals surface area (Å²) in [5.41, 5.74) is 0. The van der Waals surface area contributed by atoms with Gasteiger partial charge >= 0.3 is 7.99 Å². The van der Waals surface area contributed by atoms with E-state index in [9.17, 15) is 13.0 Å². The van der Waals surface area contributed by atoms with Gasteiger partial charge in [0.2, 0.25) is 0 Å². The Balaban J connectivity index is 3.32. The lowest BCUT2D eigenvalue weighted by atomic mass is 10.5. The van der Waals surface area contributed by atoms with Crippen LogP contribution >= 0.6 is 7.99 Å². The molecule has 6 heteroatoms. The quantitative estimate of drug-likeness (QED) is 0.462. The Labute approximate surface area is 50.9 Å². The van der Waals surface area contributed by atoms with E-state index in [1.165, 1.54) is 0 Å². The summed E-state index contributed by atoms with van der Waals surface area (Å²) < 4.78 is 35.4. The predicted molar refractivity (Wildman–Crippen MR) is 26.0 cm³/mol. The van der Waals surface area contributed by atoms with Crippen molar-refractivity contribution in [1.82, 2.24) is 0 Å². The van der Waals surface area contributed by atoms with Crippen molar-refractivity contribution >= 4 is 7.99 Å². The first kappa shape index (κ1) is 8.54. The van der Waals surface area contributed by atoms with Gasteiger partial charge in [-0.05, 0) is 0 Å². The van der Waals surface area contributed by atoms with Crippen LogP contribution in [-0.4, -0.2) is 6.61 Å². The van der Waals surface area contributed by atoms with Crippen molar-refractivity contribution in [2.45, 2.75) is 6.42 Å². The van der Waals surface area contributed by atoms with Gasteiger partial charge in [0.05, 0.1) is 19.1 Å². The van der Waals surface area contributed by atoms with Crippen LogP contribution in [-0.2, 0) is 9.09 Å². The number of rotatable bonds is 3. The van der Waals surface area contributed by atoms with Crippen LogP contribution in [0.4, 0.5) is 8.39 Å². The number of nitriles is 1. The van der Waals surface area contributed by atoms with Crippen molar-refractivity contribution in [3.8, 4) is 6.07 Å². The van der Waals surface area contributed by atoms with Crippen molar-refractivity contribution in [2.75, 3.05) is 6.61 Å². The SMILES string of the molecule is N#CCCOP(=O)(F)F. The zero-order chi connectivity index (χ0) is 7.33. The summed E-state index contributed by atoms with van der Waals surface area (Å²) in [6, 6.07) is 1.56. The van der Waals surface area contributed by atoms with Crippen LogP contribution in [0.25, 0.3) is 0 Å². The minimum atomic E-state index is -5.35. The molecular weight excluding hydrogens is 151 g/mol. The average Bonchev–Trinajstić information content (AvgIpc) is 1.63. The van der Waals surface area contributed by atoms with E-state index in [0.29, 0.717) is 0 Å². The van der Waals surface area contributed by atoms with E-state index in [1.54, 1.807) is 6.07 Å². The maximum Gasteiger partial charge on any atom is 0.551 e. The van der Waals surface area contributed by atoms with E-state index in [1.807, 2.05) is 0 Å². The Morgan fingerprint density at radius 3 is 2.56 bits per heavy atom. The fourth-order valence-electron chi connectivity index (χ4n) is 0.198. The molecule has 0 saturated carbocycles. The third-order valence-electron chi connectivity index (χ3n) is 0.455. The molecule has 0 rings (SSSR count). The molecule has 0 aliphatic rings. The number of hydrogen-bond acceptors (Lipinski definition) is 3. The molecule has 0 N–H and O–H groups in total. The Morgan fingerprint density at radius 2 is 2.22 bits per heavy atom. The van der Waals surface area contributed by atoms with Crippen LogP contribution in [0.15, 0.2) is 0 Å². The molecule has 0 atom stereocenters. The maximum absolute atomic E-state index is 11.3. The largest absolute Gasteiger partial charge is 0.551 e. The topological polar surface area (TPSA) is 50.1 Å². The molecule has 52 valence electrons. The average molecular weight is 155 g/mol. The summed E-state index contributed by atoms with van der Waals surface area (Å²) in [5, 5.41) is 7.80. The number of halogens is 2. The third kappa shape index (κ3) is 7.54. The Bertz CT molecular complexity index is 160. The van der Waals surface area contributed by atoms with Crippen molar-refractivity contribution in [1.29, 1.82) is 5.26 Å². The molecule has 0 spiro atoms. The summed E-state index contributed by atoms with van der Waals surface area (Å²) in [7, 11) is -5.35. The lowest BCUT2D eigenvalue weighted by Gasteiger charge is -1.94. The molecule has 3 nitrogen and oxygen atoms in total. The van der Waals surface area contributed by atoms with E-state index in [-0.39, 0.29) is 6.42 Å². The van der Waals surface area contributed by atoms with Crippen molar-refractivity contribution < 1.29 is 17.5 Å². The zero-order valence-corrected chi connectivity index (χ0v) is 5.28. The van der Waals surface area contributed by atoms with Gasteiger partial charge in [-0.3, -0.25) is 4.52 Å².